The summed E-state index contributed by atoms with van der Waals surface area (Å²) in [5.74, 6) is -0.0250. The van der Waals surface area contributed by atoms with Crippen LogP contribution < -0.4 is 16.2 Å². The number of H-pyrrole nitrogens is 1. The number of aldehydes is 1. The number of nitrogens with zero attached hydrogens (tertiary/aromatic N) is 3. The van der Waals surface area contributed by atoms with Crippen LogP contribution in [0.1, 0.15) is 39.2 Å². The number of benzene rings is 1. The third-order valence-corrected chi connectivity index (χ3v) is 6.15. The summed E-state index contributed by atoms with van der Waals surface area (Å²) in [5.41, 5.74) is 3.70. The summed E-state index contributed by atoms with van der Waals surface area (Å²) >= 11 is 0. The maximum absolute atomic E-state index is 12.9. The fourth-order valence-corrected chi connectivity index (χ4v) is 4.12. The molecule has 1 aliphatic rings. The van der Waals surface area contributed by atoms with Gasteiger partial charge in [-0.05, 0) is 49.1 Å². The molecule has 35 heavy (non-hydrogen) atoms. The number of pyridine rings is 1. The lowest BCUT2D eigenvalue weighted by Crippen LogP contribution is -2.37. The number of likely N-dealkylation sites (tertiary alicyclic amines) is 1. The van der Waals surface area contributed by atoms with Crippen molar-refractivity contribution < 1.29 is 9.59 Å². The number of amides is 1. The van der Waals surface area contributed by atoms with Crippen LogP contribution in [-0.4, -0.2) is 56.9 Å². The fraction of sp³-hybridized carbons (Fsp3) is 0.280. The van der Waals surface area contributed by atoms with Crippen molar-refractivity contribution in [1.82, 2.24) is 19.9 Å². The highest BCUT2D eigenvalue weighted by Crippen LogP contribution is 2.22. The molecule has 0 aliphatic carbocycles. The molecule has 4 rings (SSSR count). The van der Waals surface area contributed by atoms with Gasteiger partial charge in [0.15, 0.2) is 0 Å². The number of anilines is 2. The summed E-state index contributed by atoms with van der Waals surface area (Å²) in [6.07, 6.45) is 5.12. The van der Waals surface area contributed by atoms with Crippen LogP contribution in [0, 0.1) is 19.3 Å². The Kier molecular flexibility index (Phi) is 7.00. The summed E-state index contributed by atoms with van der Waals surface area (Å²) < 4.78 is 0. The van der Waals surface area contributed by atoms with Crippen molar-refractivity contribution in [3.8, 4) is 0 Å². The third kappa shape index (κ3) is 5.26. The first-order valence-electron chi connectivity index (χ1n) is 11.3. The van der Waals surface area contributed by atoms with Crippen molar-refractivity contribution in [3.05, 3.63) is 81.0 Å². The molecule has 0 saturated carbocycles. The molecular weight excluding hydrogens is 446 g/mol. The maximum atomic E-state index is 12.9. The summed E-state index contributed by atoms with van der Waals surface area (Å²) in [4.78, 5) is 49.8. The van der Waals surface area contributed by atoms with Gasteiger partial charge in [-0.15, -0.1) is 0 Å². The van der Waals surface area contributed by atoms with Gasteiger partial charge in [0.1, 0.15) is 17.7 Å². The summed E-state index contributed by atoms with van der Waals surface area (Å²) in [5, 5.41) is 14.0. The summed E-state index contributed by atoms with van der Waals surface area (Å²) in [6.45, 7) is 4.78. The Balaban J connectivity index is 1.48. The van der Waals surface area contributed by atoms with Gasteiger partial charge in [0.25, 0.3) is 11.5 Å². The number of aryl methyl sites for hydroxylation is 2. The Labute approximate surface area is 202 Å². The van der Waals surface area contributed by atoms with Crippen molar-refractivity contribution in [1.29, 1.82) is 5.41 Å². The zero-order valence-electron chi connectivity index (χ0n) is 19.5. The molecule has 1 amide bonds. The Morgan fingerprint density at radius 2 is 2.00 bits per heavy atom. The highest BCUT2D eigenvalue weighted by Gasteiger charge is 2.36. The smallest absolute Gasteiger partial charge is 0.276 e. The van der Waals surface area contributed by atoms with Crippen LogP contribution in [0.25, 0.3) is 0 Å². The standard InChI is InChI=1S/C25H27N7O3/c1-15-3-4-17(9-16(15)2)12-28-25-30-21(11-26)22(23(34)31-25)29-19-10-20(14-33)32(13-19)24(35)18-5-7-27-8-6-18/h3-9,11,14,19-20,26,29H,10,12-13H2,1-2H3,(H2,28,30,31,34). The highest BCUT2D eigenvalue weighted by atomic mass is 16.2. The van der Waals surface area contributed by atoms with E-state index in [0.29, 0.717) is 18.5 Å². The van der Waals surface area contributed by atoms with Gasteiger partial charge in [0, 0.05) is 43.3 Å². The monoisotopic (exact) mass is 473 g/mol. The molecule has 0 bridgehead atoms. The SMILES string of the molecule is Cc1ccc(CNc2nc(C=N)c(NC3CC(C=O)N(C(=O)c4ccncc4)C3)c(=O)[nH]2)cc1C. The van der Waals surface area contributed by atoms with Gasteiger partial charge in [0.05, 0.1) is 6.04 Å². The number of rotatable bonds is 8. The lowest BCUT2D eigenvalue weighted by Gasteiger charge is -2.20. The van der Waals surface area contributed by atoms with E-state index in [9.17, 15) is 14.4 Å². The van der Waals surface area contributed by atoms with E-state index in [4.69, 9.17) is 5.41 Å². The van der Waals surface area contributed by atoms with Gasteiger partial charge in [0.2, 0.25) is 5.95 Å². The minimum Gasteiger partial charge on any atom is -0.374 e. The normalized spacial score (nSPS) is 17.1. The van der Waals surface area contributed by atoms with Crippen LogP contribution in [0.5, 0.6) is 0 Å². The number of carbonyl (C=O) groups is 2. The summed E-state index contributed by atoms with van der Waals surface area (Å²) in [6, 6.07) is 8.32. The number of hydrogen-bond acceptors (Lipinski definition) is 8. The van der Waals surface area contributed by atoms with Crippen LogP contribution in [0.15, 0.2) is 47.5 Å². The Hall–Kier alpha value is -4.34. The second-order valence-corrected chi connectivity index (χ2v) is 8.57. The van der Waals surface area contributed by atoms with Crippen LogP contribution >= 0.6 is 0 Å². The van der Waals surface area contributed by atoms with E-state index >= 15 is 0 Å². The van der Waals surface area contributed by atoms with E-state index in [1.54, 1.807) is 12.1 Å². The van der Waals surface area contributed by atoms with Crippen LogP contribution in [0.2, 0.25) is 0 Å². The quantitative estimate of drug-likeness (QED) is 0.290. The molecule has 180 valence electrons. The van der Waals surface area contributed by atoms with E-state index in [0.717, 1.165) is 18.1 Å². The van der Waals surface area contributed by atoms with Crippen molar-refractivity contribution >= 4 is 30.0 Å². The third-order valence-electron chi connectivity index (χ3n) is 6.15. The number of nitrogens with one attached hydrogen (secondary N) is 4. The molecule has 4 N–H and O–H groups in total. The summed E-state index contributed by atoms with van der Waals surface area (Å²) in [7, 11) is 0. The minimum absolute atomic E-state index is 0.129. The molecule has 0 radical (unpaired) electrons. The largest absolute Gasteiger partial charge is 0.374 e. The average molecular weight is 474 g/mol. The molecule has 3 aromatic rings. The van der Waals surface area contributed by atoms with Gasteiger partial charge < -0.3 is 25.7 Å². The number of aromatic amines is 1. The predicted octanol–water partition coefficient (Wildman–Crippen LogP) is 2.29. The molecular formula is C25H27N7O3. The molecule has 10 nitrogen and oxygen atoms in total. The highest BCUT2D eigenvalue weighted by molar-refractivity contribution is 5.96. The molecule has 2 atom stereocenters. The molecule has 2 aromatic heterocycles. The Morgan fingerprint density at radius 3 is 2.69 bits per heavy atom. The topological polar surface area (TPSA) is 144 Å². The predicted molar refractivity (Wildman–Crippen MR) is 133 cm³/mol. The molecule has 1 aromatic carbocycles. The lowest BCUT2D eigenvalue weighted by molar-refractivity contribution is -0.111. The van der Waals surface area contributed by atoms with Crippen LogP contribution in [0.3, 0.4) is 0 Å². The van der Waals surface area contributed by atoms with Gasteiger partial charge in [-0.25, -0.2) is 4.98 Å². The molecule has 1 aliphatic heterocycles. The zero-order chi connectivity index (χ0) is 24.9. The van der Waals surface area contributed by atoms with E-state index < -0.39 is 11.6 Å². The molecule has 3 heterocycles. The first kappa shape index (κ1) is 23.8. The zero-order valence-corrected chi connectivity index (χ0v) is 19.5. The number of carbonyl (C=O) groups excluding carboxylic acids is 2. The van der Waals surface area contributed by atoms with E-state index in [2.05, 4.69) is 31.7 Å². The number of aromatic nitrogens is 3. The van der Waals surface area contributed by atoms with Crippen molar-refractivity contribution in [3.63, 3.8) is 0 Å². The van der Waals surface area contributed by atoms with Crippen LogP contribution in [0.4, 0.5) is 11.6 Å². The molecule has 0 spiro atoms. The second-order valence-electron chi connectivity index (χ2n) is 8.57. The first-order chi connectivity index (χ1) is 16.9. The first-order valence-corrected chi connectivity index (χ1v) is 11.3. The molecule has 2 unspecified atom stereocenters. The molecule has 10 heteroatoms. The molecule has 1 fully saturated rings. The van der Waals surface area contributed by atoms with Crippen molar-refractivity contribution in [2.75, 3.05) is 17.2 Å². The Morgan fingerprint density at radius 1 is 1.23 bits per heavy atom. The lowest BCUT2D eigenvalue weighted by atomic mass is 10.1. The van der Waals surface area contributed by atoms with E-state index in [-0.39, 0.29) is 35.8 Å². The van der Waals surface area contributed by atoms with Gasteiger partial charge >= 0.3 is 0 Å². The maximum Gasteiger partial charge on any atom is 0.276 e. The van der Waals surface area contributed by atoms with Gasteiger partial charge in [-0.3, -0.25) is 19.6 Å². The number of hydrogen-bond donors (Lipinski definition) is 4. The van der Waals surface area contributed by atoms with Gasteiger partial charge in [-0.2, -0.15) is 0 Å². The van der Waals surface area contributed by atoms with Crippen LogP contribution in [-0.2, 0) is 11.3 Å². The second kappa shape index (κ2) is 10.3. The van der Waals surface area contributed by atoms with E-state index in [1.807, 2.05) is 26.0 Å². The average Bonchev–Trinajstić information content (AvgIpc) is 3.29. The van der Waals surface area contributed by atoms with Crippen molar-refractivity contribution in [2.45, 2.75) is 38.9 Å². The Bertz CT molecular complexity index is 1310. The van der Waals surface area contributed by atoms with E-state index in [1.165, 1.54) is 28.4 Å². The minimum atomic E-state index is -0.623. The van der Waals surface area contributed by atoms with Gasteiger partial charge in [-0.1, -0.05) is 18.2 Å². The molecule has 1 saturated heterocycles. The fourth-order valence-electron chi connectivity index (χ4n) is 4.12. The van der Waals surface area contributed by atoms with Crippen molar-refractivity contribution in [2.24, 2.45) is 0 Å².